The molecule has 3 aromatic heterocycles. The van der Waals surface area contributed by atoms with Crippen LogP contribution in [0.3, 0.4) is 0 Å². The summed E-state index contributed by atoms with van der Waals surface area (Å²) in [6.07, 6.45) is 1.49. The molecule has 1 atom stereocenters. The topological polar surface area (TPSA) is 81.2 Å². The van der Waals surface area contributed by atoms with E-state index in [0.29, 0.717) is 17.0 Å². The molecule has 0 saturated heterocycles. The van der Waals surface area contributed by atoms with Crippen LogP contribution in [-0.4, -0.2) is 16.0 Å². The van der Waals surface area contributed by atoms with Gasteiger partial charge in [0.25, 0.3) is 11.6 Å². The predicted molar refractivity (Wildman–Crippen MR) is 80.6 cm³/mol. The van der Waals surface area contributed by atoms with E-state index in [1.165, 1.54) is 6.20 Å². The van der Waals surface area contributed by atoms with Crippen LogP contribution in [0.2, 0.25) is 0 Å². The number of aromatic nitrogens is 2. The summed E-state index contributed by atoms with van der Waals surface area (Å²) in [5, 5.41) is 7.54. The maximum absolute atomic E-state index is 12.4. The number of furan rings is 1. The lowest BCUT2D eigenvalue weighted by molar-refractivity contribution is 0.0939. The van der Waals surface area contributed by atoms with Gasteiger partial charge in [0.2, 0.25) is 0 Å². The predicted octanol–water partition coefficient (Wildman–Crippen LogP) is 3.23. The van der Waals surface area contributed by atoms with Crippen LogP contribution in [-0.2, 0) is 0 Å². The van der Waals surface area contributed by atoms with Crippen LogP contribution in [0.4, 0.5) is 0 Å². The van der Waals surface area contributed by atoms with Crippen molar-refractivity contribution >= 4 is 17.0 Å². The molecule has 6 nitrogen and oxygen atoms in total. The fourth-order valence-electron chi connectivity index (χ4n) is 2.51. The molecule has 0 aliphatic heterocycles. The van der Waals surface area contributed by atoms with Crippen molar-refractivity contribution < 1.29 is 13.7 Å². The van der Waals surface area contributed by atoms with Gasteiger partial charge in [-0.2, -0.15) is 0 Å². The number of nitrogens with zero attached hydrogens (tertiary/aromatic N) is 2. The normalized spacial score (nSPS) is 12.5. The molecule has 3 aromatic rings. The first-order chi connectivity index (χ1) is 10.5. The molecule has 3 rings (SSSR count). The first-order valence-electron chi connectivity index (χ1n) is 7.05. The third kappa shape index (κ3) is 2.47. The highest BCUT2D eigenvalue weighted by molar-refractivity contribution is 5.97. The first-order valence-corrected chi connectivity index (χ1v) is 7.05. The van der Waals surface area contributed by atoms with E-state index in [9.17, 15) is 4.79 Å². The molecule has 1 amide bonds. The molecule has 3 heterocycles. The fourth-order valence-corrected chi connectivity index (χ4v) is 2.51. The average molecular weight is 299 g/mol. The van der Waals surface area contributed by atoms with Gasteiger partial charge in [0.15, 0.2) is 0 Å². The number of carbonyl (C=O) groups is 1. The van der Waals surface area contributed by atoms with Crippen molar-refractivity contribution in [3.63, 3.8) is 0 Å². The summed E-state index contributed by atoms with van der Waals surface area (Å²) >= 11 is 0. The standard InChI is InChI=1S/C16H17N3O3/c1-8-5-13(11(4)21-8)9(2)18-15(20)12-6-14-10(3)19-22-16(14)17-7-12/h5-7,9H,1-4H3,(H,18,20)/t9-/m1/s1. The summed E-state index contributed by atoms with van der Waals surface area (Å²) < 4.78 is 10.5. The van der Waals surface area contributed by atoms with Crippen LogP contribution in [0, 0.1) is 20.8 Å². The second-order valence-electron chi connectivity index (χ2n) is 5.41. The fraction of sp³-hybridized carbons (Fsp3) is 0.312. The molecule has 22 heavy (non-hydrogen) atoms. The Balaban J connectivity index is 1.83. The molecule has 6 heteroatoms. The highest BCUT2D eigenvalue weighted by atomic mass is 16.5. The zero-order valence-electron chi connectivity index (χ0n) is 12.9. The van der Waals surface area contributed by atoms with E-state index >= 15 is 0 Å². The summed E-state index contributed by atoms with van der Waals surface area (Å²) in [4.78, 5) is 16.5. The van der Waals surface area contributed by atoms with Crippen molar-refractivity contribution in [3.8, 4) is 0 Å². The van der Waals surface area contributed by atoms with Crippen LogP contribution in [0.25, 0.3) is 11.1 Å². The van der Waals surface area contributed by atoms with Gasteiger partial charge in [0, 0.05) is 11.8 Å². The highest BCUT2D eigenvalue weighted by Crippen LogP contribution is 2.22. The number of rotatable bonds is 3. The van der Waals surface area contributed by atoms with Crippen LogP contribution < -0.4 is 5.32 Å². The van der Waals surface area contributed by atoms with Gasteiger partial charge < -0.3 is 14.3 Å². The summed E-state index contributed by atoms with van der Waals surface area (Å²) in [5.74, 6) is 1.45. The molecule has 0 fully saturated rings. The number of nitrogens with one attached hydrogen (secondary N) is 1. The van der Waals surface area contributed by atoms with E-state index < -0.39 is 0 Å². The molecule has 0 unspecified atom stereocenters. The third-order valence-corrected chi connectivity index (χ3v) is 3.67. The second-order valence-corrected chi connectivity index (χ2v) is 5.41. The van der Waals surface area contributed by atoms with E-state index in [4.69, 9.17) is 8.94 Å². The van der Waals surface area contributed by atoms with E-state index in [1.807, 2.05) is 33.8 Å². The van der Waals surface area contributed by atoms with Crippen LogP contribution in [0.5, 0.6) is 0 Å². The van der Waals surface area contributed by atoms with Crippen molar-refractivity contribution in [3.05, 3.63) is 46.7 Å². The number of carbonyl (C=O) groups excluding carboxylic acids is 1. The van der Waals surface area contributed by atoms with Crippen molar-refractivity contribution in [1.29, 1.82) is 0 Å². The number of hydrogen-bond donors (Lipinski definition) is 1. The van der Waals surface area contributed by atoms with Gasteiger partial charge in [0.1, 0.15) is 11.5 Å². The van der Waals surface area contributed by atoms with E-state index in [2.05, 4.69) is 15.5 Å². The largest absolute Gasteiger partial charge is 0.466 e. The van der Waals surface area contributed by atoms with Crippen molar-refractivity contribution in [2.24, 2.45) is 0 Å². The zero-order valence-corrected chi connectivity index (χ0v) is 12.9. The maximum Gasteiger partial charge on any atom is 0.257 e. The number of hydrogen-bond acceptors (Lipinski definition) is 5. The van der Waals surface area contributed by atoms with Gasteiger partial charge >= 0.3 is 0 Å². The Kier molecular flexibility index (Phi) is 3.44. The Morgan fingerprint density at radius 1 is 1.27 bits per heavy atom. The number of aryl methyl sites for hydroxylation is 3. The Morgan fingerprint density at radius 2 is 2.05 bits per heavy atom. The molecular weight excluding hydrogens is 282 g/mol. The molecule has 0 spiro atoms. The molecule has 0 radical (unpaired) electrons. The van der Waals surface area contributed by atoms with Crippen LogP contribution in [0.1, 0.15) is 46.1 Å². The number of fused-ring (bicyclic) bond motifs is 1. The lowest BCUT2D eigenvalue weighted by atomic mass is 10.1. The molecule has 0 aliphatic rings. The summed E-state index contributed by atoms with van der Waals surface area (Å²) in [6, 6.07) is 3.53. The monoisotopic (exact) mass is 299 g/mol. The van der Waals surface area contributed by atoms with Crippen LogP contribution >= 0.6 is 0 Å². The van der Waals surface area contributed by atoms with Crippen molar-refractivity contribution in [2.45, 2.75) is 33.7 Å². The molecule has 0 aliphatic carbocycles. The Bertz CT molecular complexity index is 848. The van der Waals surface area contributed by atoms with Gasteiger partial charge in [-0.1, -0.05) is 5.16 Å². The molecule has 114 valence electrons. The third-order valence-electron chi connectivity index (χ3n) is 3.67. The minimum atomic E-state index is -0.194. The van der Waals surface area contributed by atoms with Gasteiger partial charge in [-0.15, -0.1) is 0 Å². The lowest BCUT2D eigenvalue weighted by Crippen LogP contribution is -2.26. The van der Waals surface area contributed by atoms with Crippen molar-refractivity contribution in [2.75, 3.05) is 0 Å². The Morgan fingerprint density at radius 3 is 2.73 bits per heavy atom. The SMILES string of the molecule is Cc1cc([C@@H](C)NC(=O)c2cnc3onc(C)c3c2)c(C)o1. The molecular formula is C16H17N3O3. The minimum Gasteiger partial charge on any atom is -0.466 e. The average Bonchev–Trinajstić information content (AvgIpc) is 3.01. The molecule has 0 bridgehead atoms. The maximum atomic E-state index is 12.4. The Hall–Kier alpha value is -2.63. The van der Waals surface area contributed by atoms with Crippen molar-refractivity contribution in [1.82, 2.24) is 15.5 Å². The minimum absolute atomic E-state index is 0.149. The van der Waals surface area contributed by atoms with Gasteiger partial charge in [-0.05, 0) is 39.8 Å². The van der Waals surface area contributed by atoms with Crippen LogP contribution in [0.15, 0.2) is 27.3 Å². The summed E-state index contributed by atoms with van der Waals surface area (Å²) in [7, 11) is 0. The zero-order chi connectivity index (χ0) is 15.9. The molecule has 0 aromatic carbocycles. The lowest BCUT2D eigenvalue weighted by Gasteiger charge is -2.13. The quantitative estimate of drug-likeness (QED) is 0.803. The highest BCUT2D eigenvalue weighted by Gasteiger charge is 2.17. The summed E-state index contributed by atoms with van der Waals surface area (Å²) in [5.41, 5.74) is 2.60. The van der Waals surface area contributed by atoms with E-state index in [1.54, 1.807) is 6.07 Å². The number of amides is 1. The Labute approximate surface area is 127 Å². The van der Waals surface area contributed by atoms with Gasteiger partial charge in [-0.25, -0.2) is 4.98 Å². The molecule has 0 saturated carbocycles. The van der Waals surface area contributed by atoms with E-state index in [-0.39, 0.29) is 11.9 Å². The van der Waals surface area contributed by atoms with Gasteiger partial charge in [0.05, 0.1) is 22.7 Å². The second kappa shape index (κ2) is 5.29. The first kappa shape index (κ1) is 14.3. The van der Waals surface area contributed by atoms with E-state index in [0.717, 1.165) is 22.5 Å². The summed E-state index contributed by atoms with van der Waals surface area (Å²) in [6.45, 7) is 7.51. The molecule has 1 N–H and O–H groups in total. The number of pyridine rings is 1. The smallest absolute Gasteiger partial charge is 0.257 e. The van der Waals surface area contributed by atoms with Gasteiger partial charge in [-0.3, -0.25) is 4.79 Å².